The highest BCUT2D eigenvalue weighted by Gasteiger charge is 2.30. The third-order valence-corrected chi connectivity index (χ3v) is 5.18. The summed E-state index contributed by atoms with van der Waals surface area (Å²) in [5.41, 5.74) is 1.22. The summed E-state index contributed by atoms with van der Waals surface area (Å²) in [4.78, 5) is 25.9. The van der Waals surface area contributed by atoms with Gasteiger partial charge in [-0.1, -0.05) is 36.4 Å². The van der Waals surface area contributed by atoms with E-state index in [2.05, 4.69) is 44.5 Å². The number of hydrogen-bond acceptors (Lipinski definition) is 7. The zero-order chi connectivity index (χ0) is 20.1. The van der Waals surface area contributed by atoms with Gasteiger partial charge in [-0.25, -0.2) is 15.0 Å². The molecule has 148 valence electrons. The summed E-state index contributed by atoms with van der Waals surface area (Å²) in [6.45, 7) is 1.47. The van der Waals surface area contributed by atoms with E-state index in [0.717, 1.165) is 32.4 Å². The first kappa shape index (κ1) is 18.8. The first-order chi connectivity index (χ1) is 14.2. The van der Waals surface area contributed by atoms with Gasteiger partial charge < -0.3 is 10.2 Å². The van der Waals surface area contributed by atoms with E-state index in [1.54, 1.807) is 24.4 Å². The van der Waals surface area contributed by atoms with Crippen LogP contribution in [0.3, 0.4) is 0 Å². The molecule has 0 spiro atoms. The van der Waals surface area contributed by atoms with Crippen LogP contribution in [0.1, 0.15) is 18.4 Å². The molecule has 1 aliphatic rings. The summed E-state index contributed by atoms with van der Waals surface area (Å²) in [5, 5.41) is 14.8. The fourth-order valence-corrected chi connectivity index (χ4v) is 3.71. The molecule has 0 atom stereocenters. The molecular weight excluding hydrogens is 368 g/mol. The second kappa shape index (κ2) is 8.64. The van der Waals surface area contributed by atoms with Crippen LogP contribution in [-0.2, 0) is 6.42 Å². The van der Waals surface area contributed by atoms with Crippen molar-refractivity contribution in [2.24, 2.45) is 5.92 Å². The Kier molecular flexibility index (Phi) is 5.60. The van der Waals surface area contributed by atoms with Crippen molar-refractivity contribution >= 4 is 23.1 Å². The molecule has 1 aliphatic heterocycles. The Hall–Kier alpha value is -3.55. The van der Waals surface area contributed by atoms with Gasteiger partial charge in [-0.3, -0.25) is 10.1 Å². The Morgan fingerprint density at radius 3 is 2.48 bits per heavy atom. The van der Waals surface area contributed by atoms with Gasteiger partial charge in [0, 0.05) is 19.3 Å². The van der Waals surface area contributed by atoms with E-state index in [9.17, 15) is 10.1 Å². The second-order valence-electron chi connectivity index (χ2n) is 7.11. The Labute approximate surface area is 168 Å². The Bertz CT molecular complexity index is 959. The summed E-state index contributed by atoms with van der Waals surface area (Å²) in [6.07, 6.45) is 5.96. The minimum Gasteiger partial charge on any atom is -0.351 e. The van der Waals surface area contributed by atoms with Crippen LogP contribution in [0.25, 0.3) is 0 Å². The van der Waals surface area contributed by atoms with Crippen molar-refractivity contribution in [3.63, 3.8) is 0 Å². The Balaban J connectivity index is 1.50. The largest absolute Gasteiger partial charge is 0.353 e. The van der Waals surface area contributed by atoms with Crippen LogP contribution in [0.15, 0.2) is 61.1 Å². The summed E-state index contributed by atoms with van der Waals surface area (Å²) >= 11 is 0. The first-order valence-electron chi connectivity index (χ1n) is 9.67. The lowest BCUT2D eigenvalue weighted by atomic mass is 9.90. The Morgan fingerprint density at radius 1 is 1.03 bits per heavy atom. The number of aromatic nitrogens is 3. The summed E-state index contributed by atoms with van der Waals surface area (Å²) in [5.74, 6) is 1.59. The molecule has 2 aromatic heterocycles. The molecule has 29 heavy (non-hydrogen) atoms. The van der Waals surface area contributed by atoms with Crippen LogP contribution in [0.2, 0.25) is 0 Å². The van der Waals surface area contributed by atoms with Gasteiger partial charge in [0.1, 0.15) is 12.1 Å². The van der Waals surface area contributed by atoms with Crippen molar-refractivity contribution < 1.29 is 4.92 Å². The molecule has 0 amide bonds. The van der Waals surface area contributed by atoms with Crippen LogP contribution in [-0.4, -0.2) is 33.0 Å². The number of piperidine rings is 1. The lowest BCUT2D eigenvalue weighted by Gasteiger charge is -2.32. The molecule has 1 fully saturated rings. The van der Waals surface area contributed by atoms with Gasteiger partial charge in [0.25, 0.3) is 0 Å². The smallest absolute Gasteiger partial charge is 0.351 e. The van der Waals surface area contributed by atoms with E-state index in [0.29, 0.717) is 17.6 Å². The molecular formula is C21H22N6O2. The minimum atomic E-state index is -0.420. The van der Waals surface area contributed by atoms with Gasteiger partial charge >= 0.3 is 5.69 Å². The van der Waals surface area contributed by atoms with E-state index in [1.807, 2.05) is 11.0 Å². The summed E-state index contributed by atoms with van der Waals surface area (Å²) < 4.78 is 0. The highest BCUT2D eigenvalue weighted by Crippen LogP contribution is 2.35. The molecule has 8 nitrogen and oxygen atoms in total. The van der Waals surface area contributed by atoms with E-state index < -0.39 is 4.92 Å². The monoisotopic (exact) mass is 390 g/mol. The quantitative estimate of drug-likeness (QED) is 0.502. The molecule has 4 rings (SSSR count). The van der Waals surface area contributed by atoms with Crippen molar-refractivity contribution in [2.45, 2.75) is 19.3 Å². The van der Waals surface area contributed by atoms with E-state index in [-0.39, 0.29) is 11.5 Å². The maximum atomic E-state index is 11.8. The lowest BCUT2D eigenvalue weighted by Crippen LogP contribution is -2.35. The average Bonchev–Trinajstić information content (AvgIpc) is 2.75. The van der Waals surface area contributed by atoms with Crippen molar-refractivity contribution in [1.82, 2.24) is 15.0 Å². The maximum Gasteiger partial charge on any atom is 0.353 e. The highest BCUT2D eigenvalue weighted by atomic mass is 16.6. The topological polar surface area (TPSA) is 97.1 Å². The normalized spacial score (nSPS) is 14.6. The number of benzene rings is 1. The highest BCUT2D eigenvalue weighted by molar-refractivity contribution is 5.73. The molecule has 0 radical (unpaired) electrons. The molecule has 0 bridgehead atoms. The van der Waals surface area contributed by atoms with Crippen molar-refractivity contribution in [1.29, 1.82) is 0 Å². The van der Waals surface area contributed by atoms with E-state index in [1.165, 1.54) is 11.9 Å². The third-order valence-electron chi connectivity index (χ3n) is 5.18. The molecule has 0 aliphatic carbocycles. The molecule has 0 saturated carbocycles. The molecule has 1 saturated heterocycles. The predicted molar refractivity (Wildman–Crippen MR) is 111 cm³/mol. The predicted octanol–water partition coefficient (Wildman–Crippen LogP) is 3.98. The van der Waals surface area contributed by atoms with Crippen molar-refractivity contribution in [3.8, 4) is 0 Å². The van der Waals surface area contributed by atoms with E-state index >= 15 is 0 Å². The Morgan fingerprint density at radius 2 is 1.79 bits per heavy atom. The number of rotatable bonds is 6. The minimum absolute atomic E-state index is 0.111. The number of hydrogen-bond donors (Lipinski definition) is 1. The van der Waals surface area contributed by atoms with Crippen LogP contribution in [0.5, 0.6) is 0 Å². The number of anilines is 3. The number of nitrogens with one attached hydrogen (secondary N) is 1. The lowest BCUT2D eigenvalue weighted by molar-refractivity contribution is -0.383. The van der Waals surface area contributed by atoms with Crippen molar-refractivity contribution in [2.75, 3.05) is 23.3 Å². The van der Waals surface area contributed by atoms with Crippen molar-refractivity contribution in [3.05, 3.63) is 76.7 Å². The number of pyridine rings is 1. The standard InChI is InChI=1S/C21H22N6O2/c28-27(29)19-20(25-18-8-4-5-11-22-18)23-15-24-21(19)26-12-9-17(10-13-26)14-16-6-2-1-3-7-16/h1-8,11,15,17H,9-10,12-14H2,(H,22,23,24,25). The van der Waals surface area contributed by atoms with Gasteiger partial charge in [0.05, 0.1) is 4.92 Å². The first-order valence-corrected chi connectivity index (χ1v) is 9.67. The van der Waals surface area contributed by atoms with Gasteiger partial charge in [-0.2, -0.15) is 0 Å². The molecule has 1 aromatic carbocycles. The number of nitrogens with zero attached hydrogens (tertiary/aromatic N) is 5. The van der Waals surface area contributed by atoms with E-state index in [4.69, 9.17) is 0 Å². The van der Waals surface area contributed by atoms with Gasteiger partial charge in [0.15, 0.2) is 0 Å². The van der Waals surface area contributed by atoms with Gasteiger partial charge in [0.2, 0.25) is 11.6 Å². The molecule has 8 heteroatoms. The zero-order valence-corrected chi connectivity index (χ0v) is 15.9. The zero-order valence-electron chi connectivity index (χ0n) is 15.9. The van der Waals surface area contributed by atoms with Crippen LogP contribution < -0.4 is 10.2 Å². The molecule has 3 aromatic rings. The number of nitro groups is 1. The van der Waals surface area contributed by atoms with Crippen LogP contribution in [0.4, 0.5) is 23.1 Å². The fraction of sp³-hybridized carbons (Fsp3) is 0.286. The summed E-state index contributed by atoms with van der Waals surface area (Å²) in [6, 6.07) is 15.8. The third kappa shape index (κ3) is 4.48. The molecule has 1 N–H and O–H groups in total. The second-order valence-corrected chi connectivity index (χ2v) is 7.11. The van der Waals surface area contributed by atoms with Gasteiger partial charge in [-0.05, 0) is 42.9 Å². The molecule has 0 unspecified atom stereocenters. The van der Waals surface area contributed by atoms with Crippen LogP contribution >= 0.6 is 0 Å². The fourth-order valence-electron chi connectivity index (χ4n) is 3.71. The van der Waals surface area contributed by atoms with Gasteiger partial charge in [-0.15, -0.1) is 0 Å². The maximum absolute atomic E-state index is 11.8. The summed E-state index contributed by atoms with van der Waals surface area (Å²) in [7, 11) is 0. The molecule has 3 heterocycles. The SMILES string of the molecule is O=[N+]([O-])c1c(Nc2ccccn2)ncnc1N1CCC(Cc2ccccc2)CC1. The average molecular weight is 390 g/mol. The van der Waals surface area contributed by atoms with Crippen LogP contribution in [0, 0.1) is 16.0 Å².